The van der Waals surface area contributed by atoms with E-state index in [1.807, 2.05) is 31.4 Å². The molecule has 2 rings (SSSR count). The van der Waals surface area contributed by atoms with Crippen molar-refractivity contribution in [3.05, 3.63) is 53.6 Å². The molecule has 0 fully saturated rings. The summed E-state index contributed by atoms with van der Waals surface area (Å²) in [5.41, 5.74) is 2.17. The van der Waals surface area contributed by atoms with Crippen LogP contribution in [0.25, 0.3) is 0 Å². The number of rotatable bonds is 5. The number of hydrogen-bond acceptors (Lipinski definition) is 2. The van der Waals surface area contributed by atoms with Gasteiger partial charge in [0.25, 0.3) is 0 Å². The van der Waals surface area contributed by atoms with Crippen LogP contribution in [0, 0.1) is 5.82 Å². The number of nitrogens with one attached hydrogen (secondary N) is 1. The van der Waals surface area contributed by atoms with Gasteiger partial charge in [0, 0.05) is 19.8 Å². The lowest BCUT2D eigenvalue weighted by Gasteiger charge is -2.03. The summed E-state index contributed by atoms with van der Waals surface area (Å²) in [6.45, 7) is 1.63. The van der Waals surface area contributed by atoms with Crippen LogP contribution in [-0.2, 0) is 20.0 Å². The Bertz CT molecular complexity index is 462. The van der Waals surface area contributed by atoms with E-state index in [1.165, 1.54) is 12.1 Å². The van der Waals surface area contributed by atoms with Gasteiger partial charge in [0.05, 0.1) is 5.69 Å². The van der Waals surface area contributed by atoms with Crippen molar-refractivity contribution in [2.75, 3.05) is 6.54 Å². The number of benzene rings is 1. The lowest BCUT2D eigenvalue weighted by Crippen LogP contribution is -2.17. The molecule has 0 atom stereocenters. The Balaban J connectivity index is 1.71. The molecule has 0 aliphatic heterocycles. The van der Waals surface area contributed by atoms with Crippen molar-refractivity contribution in [2.45, 2.75) is 13.0 Å². The Morgan fingerprint density at radius 2 is 2.00 bits per heavy atom. The van der Waals surface area contributed by atoms with Gasteiger partial charge in [-0.3, -0.25) is 4.68 Å². The largest absolute Gasteiger partial charge is 0.311 e. The molecule has 3 nitrogen and oxygen atoms in total. The van der Waals surface area contributed by atoms with E-state index in [0.717, 1.165) is 30.8 Å². The number of aryl methyl sites for hydroxylation is 1. The fourth-order valence-electron chi connectivity index (χ4n) is 1.66. The first-order valence-corrected chi connectivity index (χ1v) is 5.68. The van der Waals surface area contributed by atoms with E-state index in [9.17, 15) is 4.39 Å². The van der Waals surface area contributed by atoms with E-state index in [1.54, 1.807) is 4.68 Å². The van der Waals surface area contributed by atoms with Crippen molar-refractivity contribution in [1.29, 1.82) is 0 Å². The second kappa shape index (κ2) is 5.59. The summed E-state index contributed by atoms with van der Waals surface area (Å²) < 4.78 is 14.5. The minimum Gasteiger partial charge on any atom is -0.311 e. The number of aromatic nitrogens is 2. The average molecular weight is 233 g/mol. The zero-order chi connectivity index (χ0) is 12.1. The standard InChI is InChI=1S/C13H16FN3/c1-17-9-7-13(16-17)10-15-8-6-11-2-4-12(14)5-3-11/h2-5,7,9,15H,6,8,10H2,1H3. The van der Waals surface area contributed by atoms with Crippen LogP contribution >= 0.6 is 0 Å². The molecular formula is C13H16FN3. The molecule has 0 radical (unpaired) electrons. The third-order valence-corrected chi connectivity index (χ3v) is 2.58. The average Bonchev–Trinajstić information content (AvgIpc) is 2.73. The molecule has 0 amide bonds. The van der Waals surface area contributed by atoms with E-state index < -0.39 is 0 Å². The summed E-state index contributed by atoms with van der Waals surface area (Å²) in [6.07, 6.45) is 2.82. The Kier molecular flexibility index (Phi) is 3.88. The fraction of sp³-hybridized carbons (Fsp3) is 0.308. The molecule has 0 bridgehead atoms. The minimum atomic E-state index is -0.185. The molecule has 1 heterocycles. The summed E-state index contributed by atoms with van der Waals surface area (Å²) in [4.78, 5) is 0. The highest BCUT2D eigenvalue weighted by Gasteiger charge is 1.97. The van der Waals surface area contributed by atoms with Crippen molar-refractivity contribution < 1.29 is 4.39 Å². The summed E-state index contributed by atoms with van der Waals surface area (Å²) in [6, 6.07) is 8.61. The van der Waals surface area contributed by atoms with Gasteiger partial charge in [-0.05, 0) is 36.7 Å². The maximum absolute atomic E-state index is 12.7. The van der Waals surface area contributed by atoms with Gasteiger partial charge >= 0.3 is 0 Å². The lowest BCUT2D eigenvalue weighted by atomic mass is 10.1. The van der Waals surface area contributed by atoms with E-state index in [2.05, 4.69) is 10.4 Å². The van der Waals surface area contributed by atoms with Crippen LogP contribution in [0.3, 0.4) is 0 Å². The molecule has 4 heteroatoms. The van der Waals surface area contributed by atoms with Gasteiger partial charge in [0.2, 0.25) is 0 Å². The fourth-order valence-corrected chi connectivity index (χ4v) is 1.66. The predicted molar refractivity (Wildman–Crippen MR) is 65.0 cm³/mol. The van der Waals surface area contributed by atoms with Crippen molar-refractivity contribution >= 4 is 0 Å². The molecule has 0 aliphatic rings. The van der Waals surface area contributed by atoms with Gasteiger partial charge < -0.3 is 5.32 Å². The van der Waals surface area contributed by atoms with Crippen molar-refractivity contribution in [3.8, 4) is 0 Å². The second-order valence-corrected chi connectivity index (χ2v) is 4.03. The molecule has 0 spiro atoms. The third-order valence-electron chi connectivity index (χ3n) is 2.58. The molecular weight excluding hydrogens is 217 g/mol. The van der Waals surface area contributed by atoms with E-state index in [0.29, 0.717) is 0 Å². The number of hydrogen-bond donors (Lipinski definition) is 1. The Morgan fingerprint density at radius 3 is 2.65 bits per heavy atom. The van der Waals surface area contributed by atoms with Crippen LogP contribution in [0.15, 0.2) is 36.5 Å². The molecule has 0 saturated heterocycles. The molecule has 90 valence electrons. The summed E-state index contributed by atoms with van der Waals surface area (Å²) >= 11 is 0. The third kappa shape index (κ3) is 3.67. The molecule has 0 unspecified atom stereocenters. The van der Waals surface area contributed by atoms with Crippen molar-refractivity contribution in [3.63, 3.8) is 0 Å². The van der Waals surface area contributed by atoms with Crippen molar-refractivity contribution in [2.24, 2.45) is 7.05 Å². The maximum Gasteiger partial charge on any atom is 0.123 e. The van der Waals surface area contributed by atoms with E-state index in [-0.39, 0.29) is 5.82 Å². The first kappa shape index (κ1) is 11.8. The van der Waals surface area contributed by atoms with Crippen LogP contribution in [0.5, 0.6) is 0 Å². The van der Waals surface area contributed by atoms with Gasteiger partial charge in [-0.1, -0.05) is 12.1 Å². The number of halogens is 1. The highest BCUT2D eigenvalue weighted by atomic mass is 19.1. The SMILES string of the molecule is Cn1ccc(CNCCc2ccc(F)cc2)n1. The van der Waals surface area contributed by atoms with Gasteiger partial charge in [-0.15, -0.1) is 0 Å². The summed E-state index contributed by atoms with van der Waals surface area (Å²) in [5.74, 6) is -0.185. The maximum atomic E-state index is 12.7. The van der Waals surface area contributed by atoms with Crippen molar-refractivity contribution in [1.82, 2.24) is 15.1 Å². The van der Waals surface area contributed by atoms with Gasteiger partial charge in [0.15, 0.2) is 0 Å². The molecule has 2 aromatic rings. The Morgan fingerprint density at radius 1 is 1.24 bits per heavy atom. The summed E-state index contributed by atoms with van der Waals surface area (Å²) in [5, 5.41) is 7.58. The van der Waals surface area contributed by atoms with Crippen LogP contribution in [0.2, 0.25) is 0 Å². The molecule has 1 aromatic carbocycles. The first-order valence-electron chi connectivity index (χ1n) is 5.68. The zero-order valence-corrected chi connectivity index (χ0v) is 9.86. The summed E-state index contributed by atoms with van der Waals surface area (Å²) in [7, 11) is 1.90. The van der Waals surface area contributed by atoms with Gasteiger partial charge in [0.1, 0.15) is 5.82 Å². The Labute approximate surface area is 100 Å². The van der Waals surface area contributed by atoms with Gasteiger partial charge in [-0.2, -0.15) is 5.10 Å². The minimum absolute atomic E-state index is 0.185. The predicted octanol–water partition coefficient (Wildman–Crippen LogP) is 1.89. The molecule has 0 saturated carbocycles. The van der Waals surface area contributed by atoms with Gasteiger partial charge in [-0.25, -0.2) is 4.39 Å². The quantitative estimate of drug-likeness (QED) is 0.799. The molecule has 17 heavy (non-hydrogen) atoms. The highest BCUT2D eigenvalue weighted by Crippen LogP contribution is 2.03. The van der Waals surface area contributed by atoms with Crippen LogP contribution in [0.4, 0.5) is 4.39 Å². The topological polar surface area (TPSA) is 29.9 Å². The number of nitrogens with zero attached hydrogens (tertiary/aromatic N) is 2. The highest BCUT2D eigenvalue weighted by molar-refractivity contribution is 5.16. The molecule has 1 aromatic heterocycles. The van der Waals surface area contributed by atoms with E-state index >= 15 is 0 Å². The van der Waals surface area contributed by atoms with E-state index in [4.69, 9.17) is 0 Å². The first-order chi connectivity index (χ1) is 8.24. The Hall–Kier alpha value is -1.68. The second-order valence-electron chi connectivity index (χ2n) is 4.03. The van der Waals surface area contributed by atoms with Crippen LogP contribution in [0.1, 0.15) is 11.3 Å². The lowest BCUT2D eigenvalue weighted by molar-refractivity contribution is 0.625. The monoisotopic (exact) mass is 233 g/mol. The normalized spacial score (nSPS) is 10.7. The van der Waals surface area contributed by atoms with Crippen LogP contribution < -0.4 is 5.32 Å². The molecule has 1 N–H and O–H groups in total. The van der Waals surface area contributed by atoms with Crippen LogP contribution in [-0.4, -0.2) is 16.3 Å². The zero-order valence-electron chi connectivity index (χ0n) is 9.86. The smallest absolute Gasteiger partial charge is 0.123 e. The molecule has 0 aliphatic carbocycles.